The molecular weight excluding hydrogens is 465 g/mol. The monoisotopic (exact) mass is 486 g/mol. The van der Waals surface area contributed by atoms with Crippen LogP contribution in [0.3, 0.4) is 0 Å². The number of hydrogen-bond donors (Lipinski definition) is 2. The average molecular weight is 486 g/mol. The van der Waals surface area contributed by atoms with Crippen molar-refractivity contribution in [3.05, 3.63) is 66.4 Å². The summed E-state index contributed by atoms with van der Waals surface area (Å²) >= 11 is 0. The number of nitrogens with zero attached hydrogens (tertiary/aromatic N) is 2. The number of esters is 1. The number of alkyl halides is 3. The van der Waals surface area contributed by atoms with Crippen molar-refractivity contribution in [3.63, 3.8) is 0 Å². The standard InChI is InChI=1S/C24H21F3N4O4/c25-24(26,27)22(33)35-23-13-15(28-14-23)10-11-31(23)21(32)19-12-18(29-30-19)17-8-4-5-9-20(17)34-16-6-2-1-3-7-16/h1-9,12,15,28H,10-11,13-14H2,(H,29,30). The molecule has 182 valence electrons. The maximum Gasteiger partial charge on any atom is 0.491 e. The van der Waals surface area contributed by atoms with Crippen molar-refractivity contribution in [2.45, 2.75) is 30.8 Å². The van der Waals surface area contributed by atoms with Crippen LogP contribution in [0.1, 0.15) is 23.3 Å². The lowest BCUT2D eigenvalue weighted by Crippen LogP contribution is -2.59. The molecule has 3 aromatic rings. The van der Waals surface area contributed by atoms with Gasteiger partial charge in [0.2, 0.25) is 5.72 Å². The van der Waals surface area contributed by atoms with E-state index in [2.05, 4.69) is 15.5 Å². The van der Waals surface area contributed by atoms with E-state index >= 15 is 0 Å². The lowest BCUT2D eigenvalue weighted by atomic mass is 9.98. The minimum atomic E-state index is -5.17. The molecule has 35 heavy (non-hydrogen) atoms. The first-order chi connectivity index (χ1) is 16.7. The van der Waals surface area contributed by atoms with Gasteiger partial charge in [-0.1, -0.05) is 30.3 Å². The maximum absolute atomic E-state index is 13.4. The van der Waals surface area contributed by atoms with E-state index < -0.39 is 23.8 Å². The molecule has 2 aliphatic rings. The molecule has 3 heterocycles. The van der Waals surface area contributed by atoms with Gasteiger partial charge in [0.1, 0.15) is 11.5 Å². The zero-order valence-corrected chi connectivity index (χ0v) is 18.3. The second-order valence-corrected chi connectivity index (χ2v) is 8.44. The van der Waals surface area contributed by atoms with Crippen LogP contribution in [0.4, 0.5) is 13.2 Å². The number of piperidine rings is 1. The summed E-state index contributed by atoms with van der Waals surface area (Å²) in [4.78, 5) is 26.2. The van der Waals surface area contributed by atoms with Crippen molar-refractivity contribution >= 4 is 11.9 Å². The molecule has 2 N–H and O–H groups in total. The van der Waals surface area contributed by atoms with Crippen molar-refractivity contribution in [2.75, 3.05) is 13.1 Å². The Hall–Kier alpha value is -3.86. The van der Waals surface area contributed by atoms with Crippen molar-refractivity contribution in [3.8, 4) is 22.8 Å². The van der Waals surface area contributed by atoms with Gasteiger partial charge in [-0.2, -0.15) is 18.3 Å². The number of amides is 1. The molecule has 0 spiro atoms. The predicted molar refractivity (Wildman–Crippen MR) is 117 cm³/mol. The minimum absolute atomic E-state index is 0.0118. The highest BCUT2D eigenvalue weighted by Crippen LogP contribution is 2.38. The third-order valence-electron chi connectivity index (χ3n) is 6.13. The molecule has 0 saturated carbocycles. The Morgan fingerprint density at radius 2 is 1.83 bits per heavy atom. The topological polar surface area (TPSA) is 96.6 Å². The van der Waals surface area contributed by atoms with Crippen molar-refractivity contribution in [1.29, 1.82) is 0 Å². The Morgan fingerprint density at radius 3 is 2.60 bits per heavy atom. The number of carbonyl (C=O) groups excluding carboxylic acids is 2. The summed E-state index contributed by atoms with van der Waals surface area (Å²) in [7, 11) is 0. The van der Waals surface area contributed by atoms with Crippen molar-refractivity contribution < 1.29 is 32.2 Å². The van der Waals surface area contributed by atoms with Crippen LogP contribution in [0.15, 0.2) is 60.7 Å². The van der Waals surface area contributed by atoms with E-state index in [0.717, 1.165) is 0 Å². The van der Waals surface area contributed by atoms with Crippen LogP contribution in [-0.4, -0.2) is 58.0 Å². The summed E-state index contributed by atoms with van der Waals surface area (Å²) < 4.78 is 49.7. The molecule has 2 unspecified atom stereocenters. The van der Waals surface area contributed by atoms with E-state index in [1.54, 1.807) is 36.4 Å². The summed E-state index contributed by atoms with van der Waals surface area (Å²) in [5.74, 6) is -1.81. The Balaban J connectivity index is 1.41. The Bertz CT molecular complexity index is 1250. The highest BCUT2D eigenvalue weighted by Gasteiger charge is 2.56. The molecule has 0 radical (unpaired) electrons. The molecule has 2 atom stereocenters. The van der Waals surface area contributed by atoms with Gasteiger partial charge in [0, 0.05) is 24.6 Å². The number of benzene rings is 2. The van der Waals surface area contributed by atoms with Crippen molar-refractivity contribution in [2.24, 2.45) is 0 Å². The molecule has 0 aliphatic carbocycles. The first-order valence-electron chi connectivity index (χ1n) is 11.0. The zero-order valence-electron chi connectivity index (χ0n) is 18.3. The molecule has 2 bridgehead atoms. The van der Waals surface area contributed by atoms with E-state index in [-0.39, 0.29) is 31.2 Å². The first-order valence-corrected chi connectivity index (χ1v) is 11.0. The maximum atomic E-state index is 13.4. The molecule has 2 fully saturated rings. The smallest absolute Gasteiger partial charge is 0.457 e. The summed E-state index contributed by atoms with van der Waals surface area (Å²) in [6.07, 6.45) is -4.57. The molecule has 2 aliphatic heterocycles. The Kier molecular flexibility index (Phi) is 5.72. The molecule has 1 amide bonds. The third-order valence-corrected chi connectivity index (χ3v) is 6.13. The highest BCUT2D eigenvalue weighted by atomic mass is 19.4. The summed E-state index contributed by atoms with van der Waals surface area (Å²) in [6, 6.07) is 17.7. The number of nitrogens with one attached hydrogen (secondary N) is 2. The SMILES string of the molecule is O=C(c1cc(-c2ccccc2Oc2ccccc2)[nH]n1)N1CCC2CC1(OC(=O)C(F)(F)F)CN2. The Labute approximate surface area is 198 Å². The number of hydrogen-bond acceptors (Lipinski definition) is 6. The Morgan fingerprint density at radius 1 is 1.09 bits per heavy atom. The predicted octanol–water partition coefficient (Wildman–Crippen LogP) is 3.88. The lowest BCUT2D eigenvalue weighted by molar-refractivity contribution is -0.226. The average Bonchev–Trinajstić information content (AvgIpc) is 3.45. The van der Waals surface area contributed by atoms with E-state index in [0.29, 0.717) is 29.2 Å². The van der Waals surface area contributed by atoms with Crippen LogP contribution in [0, 0.1) is 0 Å². The van der Waals surface area contributed by atoms with Gasteiger partial charge < -0.3 is 14.8 Å². The van der Waals surface area contributed by atoms with E-state index in [1.165, 1.54) is 11.0 Å². The number of likely N-dealkylation sites (tertiary alicyclic amines) is 1. The zero-order chi connectivity index (χ0) is 24.6. The number of aromatic nitrogens is 2. The summed E-state index contributed by atoms with van der Waals surface area (Å²) in [6.45, 7) is 0.0355. The van der Waals surface area contributed by atoms with Crippen LogP contribution >= 0.6 is 0 Å². The molecule has 8 nitrogen and oxygen atoms in total. The first kappa shape index (κ1) is 22.9. The number of aromatic amines is 1. The van der Waals surface area contributed by atoms with Gasteiger partial charge in [-0.05, 0) is 36.8 Å². The quantitative estimate of drug-likeness (QED) is 0.532. The van der Waals surface area contributed by atoms with Gasteiger partial charge in [0.15, 0.2) is 5.69 Å². The van der Waals surface area contributed by atoms with Crippen molar-refractivity contribution in [1.82, 2.24) is 20.4 Å². The molecule has 2 aromatic carbocycles. The number of fused-ring (bicyclic) bond motifs is 2. The largest absolute Gasteiger partial charge is 0.491 e. The molecule has 5 rings (SSSR count). The highest BCUT2D eigenvalue weighted by molar-refractivity contribution is 5.94. The minimum Gasteiger partial charge on any atom is -0.457 e. The third kappa shape index (κ3) is 4.46. The molecule has 1 aromatic heterocycles. The van der Waals surface area contributed by atoms with E-state index in [1.807, 2.05) is 18.2 Å². The second kappa shape index (κ2) is 8.73. The molecule has 2 saturated heterocycles. The van der Waals surface area contributed by atoms with Gasteiger partial charge in [-0.25, -0.2) is 4.79 Å². The molecular formula is C24H21F3N4O4. The second-order valence-electron chi connectivity index (χ2n) is 8.44. The van der Waals surface area contributed by atoms with Crippen LogP contribution in [0.25, 0.3) is 11.3 Å². The fourth-order valence-corrected chi connectivity index (χ4v) is 4.48. The number of carbonyl (C=O) groups is 2. The van der Waals surface area contributed by atoms with Crippen LogP contribution in [0.5, 0.6) is 11.5 Å². The number of halogens is 3. The van der Waals surface area contributed by atoms with Gasteiger partial charge in [-0.15, -0.1) is 0 Å². The number of H-pyrrole nitrogens is 1. The normalized spacial score (nSPS) is 21.6. The van der Waals surface area contributed by atoms with E-state index in [4.69, 9.17) is 9.47 Å². The van der Waals surface area contributed by atoms with Gasteiger partial charge >= 0.3 is 12.1 Å². The fraction of sp³-hybridized carbons (Fsp3) is 0.292. The fourth-order valence-electron chi connectivity index (χ4n) is 4.48. The van der Waals surface area contributed by atoms with Gasteiger partial charge in [0.25, 0.3) is 5.91 Å². The van der Waals surface area contributed by atoms with Gasteiger partial charge in [0.05, 0.1) is 12.2 Å². The summed E-state index contributed by atoms with van der Waals surface area (Å²) in [5.41, 5.74) is -0.606. The van der Waals surface area contributed by atoms with E-state index in [9.17, 15) is 22.8 Å². The number of ether oxygens (including phenoxy) is 2. The number of rotatable bonds is 5. The van der Waals surface area contributed by atoms with Crippen LogP contribution in [-0.2, 0) is 9.53 Å². The summed E-state index contributed by atoms with van der Waals surface area (Å²) in [5, 5.41) is 9.94. The number of para-hydroxylation sites is 2. The van der Waals surface area contributed by atoms with Gasteiger partial charge in [-0.3, -0.25) is 14.8 Å². The lowest BCUT2D eigenvalue weighted by Gasteiger charge is -2.42. The molecule has 11 heteroatoms. The van der Waals surface area contributed by atoms with Crippen LogP contribution in [0.2, 0.25) is 0 Å². The van der Waals surface area contributed by atoms with Crippen LogP contribution < -0.4 is 10.1 Å².